The number of ether oxygens (including phenoxy) is 1. The third-order valence-corrected chi connectivity index (χ3v) is 2.63. The first-order valence-electron chi connectivity index (χ1n) is 6.25. The van der Waals surface area contributed by atoms with Crippen LogP contribution in [0, 0.1) is 0 Å². The largest absolute Gasteiger partial charge is 0.461 e. The molecule has 0 aliphatic heterocycles. The molecule has 0 amide bonds. The molecule has 95 valence electrons. The lowest BCUT2D eigenvalue weighted by Gasteiger charge is -2.04. The summed E-state index contributed by atoms with van der Waals surface area (Å²) in [6, 6.07) is 7.74. The van der Waals surface area contributed by atoms with Crippen LogP contribution >= 0.6 is 0 Å². The average Bonchev–Trinajstić information content (AvgIpc) is 2.43. The smallest absolute Gasteiger partial charge is 0.305 e. The van der Waals surface area contributed by atoms with Crippen LogP contribution in [0.4, 0.5) is 0 Å². The molecule has 0 atom stereocenters. The van der Waals surface area contributed by atoms with Gasteiger partial charge in [0.2, 0.25) is 7.28 Å². The standard InChI is InChI=1S/C14H18BO3/c1-3-13(16)15-9-11-5-7-12(8-6-11)10-18-14(17)4-2/h5-8H,3-4,9-10H2,1-2H3. The molecule has 1 aromatic rings. The van der Waals surface area contributed by atoms with Crippen LogP contribution < -0.4 is 0 Å². The van der Waals surface area contributed by atoms with Crippen molar-refractivity contribution in [2.24, 2.45) is 0 Å². The van der Waals surface area contributed by atoms with Gasteiger partial charge in [-0.15, -0.1) is 0 Å². The number of carbonyl (C=O) groups excluding carboxylic acids is 2. The second kappa shape index (κ2) is 7.69. The first-order chi connectivity index (χ1) is 8.65. The van der Waals surface area contributed by atoms with Crippen molar-refractivity contribution >= 4 is 18.9 Å². The summed E-state index contributed by atoms with van der Waals surface area (Å²) in [5.74, 6) is -0.194. The van der Waals surface area contributed by atoms with Gasteiger partial charge < -0.3 is 9.53 Å². The van der Waals surface area contributed by atoms with Crippen LogP contribution in [0.1, 0.15) is 37.8 Å². The highest BCUT2D eigenvalue weighted by atomic mass is 16.5. The van der Waals surface area contributed by atoms with Gasteiger partial charge in [-0.2, -0.15) is 0 Å². The van der Waals surface area contributed by atoms with Gasteiger partial charge in [-0.3, -0.25) is 4.79 Å². The van der Waals surface area contributed by atoms with Gasteiger partial charge in [0.25, 0.3) is 0 Å². The molecule has 1 aromatic carbocycles. The number of hydrogen-bond donors (Lipinski definition) is 0. The molecule has 0 unspecified atom stereocenters. The highest BCUT2D eigenvalue weighted by Crippen LogP contribution is 2.07. The molecule has 0 aromatic heterocycles. The molecule has 0 N–H and O–H groups in total. The van der Waals surface area contributed by atoms with Crippen molar-refractivity contribution in [3.63, 3.8) is 0 Å². The van der Waals surface area contributed by atoms with Crippen LogP contribution in [0.3, 0.4) is 0 Å². The molecule has 1 radical (unpaired) electrons. The summed E-state index contributed by atoms with van der Waals surface area (Å²) < 4.78 is 5.03. The lowest BCUT2D eigenvalue weighted by atomic mass is 9.67. The zero-order valence-corrected chi connectivity index (χ0v) is 10.9. The Labute approximate surface area is 109 Å². The van der Waals surface area contributed by atoms with Gasteiger partial charge in [-0.05, 0) is 18.3 Å². The molecule has 1 rings (SSSR count). The van der Waals surface area contributed by atoms with Crippen LogP contribution in [0.2, 0.25) is 0 Å². The highest BCUT2D eigenvalue weighted by molar-refractivity contribution is 6.73. The first-order valence-corrected chi connectivity index (χ1v) is 6.25. The average molecular weight is 245 g/mol. The van der Waals surface area contributed by atoms with E-state index in [1.807, 2.05) is 31.2 Å². The van der Waals surface area contributed by atoms with Crippen LogP contribution in [-0.2, 0) is 27.3 Å². The number of hydrogen-bond acceptors (Lipinski definition) is 3. The Bertz CT molecular complexity index is 359. The van der Waals surface area contributed by atoms with Crippen molar-refractivity contribution in [2.75, 3.05) is 0 Å². The Morgan fingerprint density at radius 2 is 1.67 bits per heavy atom. The van der Waals surface area contributed by atoms with E-state index in [0.717, 1.165) is 11.1 Å². The molecule has 0 heterocycles. The van der Waals surface area contributed by atoms with Crippen LogP contribution in [0.25, 0.3) is 0 Å². The fourth-order valence-electron chi connectivity index (χ4n) is 1.41. The second-order valence-corrected chi connectivity index (χ2v) is 4.06. The quantitative estimate of drug-likeness (QED) is 0.546. The van der Waals surface area contributed by atoms with Gasteiger partial charge in [0, 0.05) is 6.42 Å². The Hall–Kier alpha value is -1.58. The maximum atomic E-state index is 11.1. The second-order valence-electron chi connectivity index (χ2n) is 4.06. The Morgan fingerprint density at radius 3 is 2.22 bits per heavy atom. The zero-order chi connectivity index (χ0) is 13.4. The van der Waals surface area contributed by atoms with Crippen LogP contribution in [0.15, 0.2) is 24.3 Å². The summed E-state index contributed by atoms with van der Waals surface area (Å²) >= 11 is 0. The summed E-state index contributed by atoms with van der Waals surface area (Å²) in [6.07, 6.45) is 1.60. The zero-order valence-electron chi connectivity index (χ0n) is 10.9. The van der Waals surface area contributed by atoms with Gasteiger partial charge in [0.05, 0.1) is 5.68 Å². The molecule has 0 bridgehead atoms. The number of rotatable bonds is 7. The third kappa shape index (κ3) is 5.17. The molecule has 3 nitrogen and oxygen atoms in total. The third-order valence-electron chi connectivity index (χ3n) is 2.63. The molecule has 0 saturated carbocycles. The van der Waals surface area contributed by atoms with Crippen molar-refractivity contribution in [3.8, 4) is 0 Å². The van der Waals surface area contributed by atoms with Gasteiger partial charge in [0.15, 0.2) is 0 Å². The minimum absolute atomic E-state index is 0.163. The fraction of sp³-hybridized carbons (Fsp3) is 0.429. The number of benzene rings is 1. The van der Waals surface area contributed by atoms with Gasteiger partial charge in [0.1, 0.15) is 6.61 Å². The Kier molecular flexibility index (Phi) is 6.19. The summed E-state index contributed by atoms with van der Waals surface area (Å²) in [5, 5.41) is 0. The van der Waals surface area contributed by atoms with E-state index in [9.17, 15) is 9.59 Å². The van der Waals surface area contributed by atoms with Crippen molar-refractivity contribution in [3.05, 3.63) is 35.4 Å². The van der Waals surface area contributed by atoms with Crippen molar-refractivity contribution in [1.82, 2.24) is 0 Å². The molecule has 0 saturated heterocycles. The van der Waals surface area contributed by atoms with Gasteiger partial charge in [-0.1, -0.05) is 43.7 Å². The monoisotopic (exact) mass is 245 g/mol. The molecular weight excluding hydrogens is 227 g/mol. The lowest BCUT2D eigenvalue weighted by Crippen LogP contribution is -2.10. The van der Waals surface area contributed by atoms with E-state index in [1.165, 1.54) is 0 Å². The summed E-state index contributed by atoms with van der Waals surface area (Å²) in [6.45, 7) is 3.93. The molecule has 0 fully saturated rings. The molecule has 0 aliphatic rings. The van der Waals surface area contributed by atoms with Crippen molar-refractivity contribution in [1.29, 1.82) is 0 Å². The number of esters is 1. The minimum Gasteiger partial charge on any atom is -0.461 e. The lowest BCUT2D eigenvalue weighted by molar-refractivity contribution is -0.144. The van der Waals surface area contributed by atoms with Crippen molar-refractivity contribution < 1.29 is 14.3 Å². The van der Waals surface area contributed by atoms with Gasteiger partial charge in [-0.25, -0.2) is 0 Å². The predicted molar refractivity (Wildman–Crippen MR) is 71.3 cm³/mol. The van der Waals surface area contributed by atoms with Crippen molar-refractivity contribution in [2.45, 2.75) is 39.6 Å². The topological polar surface area (TPSA) is 43.4 Å². The highest BCUT2D eigenvalue weighted by Gasteiger charge is 2.03. The molecular formula is C14H18BO3. The van der Waals surface area contributed by atoms with E-state index in [2.05, 4.69) is 0 Å². The SMILES string of the molecule is CCC(=O)[B]Cc1ccc(COC(=O)CC)cc1. The van der Waals surface area contributed by atoms with E-state index >= 15 is 0 Å². The maximum Gasteiger partial charge on any atom is 0.305 e. The van der Waals surface area contributed by atoms with Crippen LogP contribution in [-0.4, -0.2) is 18.9 Å². The molecule has 4 heteroatoms. The molecule has 18 heavy (non-hydrogen) atoms. The van der Waals surface area contributed by atoms with E-state index in [0.29, 0.717) is 25.8 Å². The normalized spacial score (nSPS) is 9.89. The van der Waals surface area contributed by atoms with E-state index in [1.54, 1.807) is 14.2 Å². The van der Waals surface area contributed by atoms with Crippen LogP contribution in [0.5, 0.6) is 0 Å². The van der Waals surface area contributed by atoms with Gasteiger partial charge >= 0.3 is 5.97 Å². The Morgan fingerprint density at radius 1 is 1.06 bits per heavy atom. The maximum absolute atomic E-state index is 11.1. The fourth-order valence-corrected chi connectivity index (χ4v) is 1.41. The van der Waals surface area contributed by atoms with E-state index < -0.39 is 0 Å². The summed E-state index contributed by atoms with van der Waals surface area (Å²) in [7, 11) is 1.70. The first kappa shape index (κ1) is 14.5. The molecule has 0 spiro atoms. The predicted octanol–water partition coefficient (Wildman–Crippen LogP) is 2.28. The molecule has 0 aliphatic carbocycles. The summed E-state index contributed by atoms with van der Waals surface area (Å²) in [5.41, 5.74) is 2.21. The van der Waals surface area contributed by atoms with E-state index in [-0.39, 0.29) is 11.7 Å². The minimum atomic E-state index is -0.194. The number of carbonyl (C=O) groups is 2. The summed E-state index contributed by atoms with van der Waals surface area (Å²) in [4.78, 5) is 22.1. The van der Waals surface area contributed by atoms with E-state index in [4.69, 9.17) is 4.74 Å². The Balaban J connectivity index is 2.42.